The molecule has 110 valence electrons. The van der Waals surface area contributed by atoms with E-state index in [1.54, 1.807) is 13.8 Å². The van der Waals surface area contributed by atoms with Gasteiger partial charge >= 0.3 is 11.9 Å². The fraction of sp³-hybridized carbons (Fsp3) is 0.833. The molecule has 0 amide bonds. The fourth-order valence-electron chi connectivity index (χ4n) is 0.530. The van der Waals surface area contributed by atoms with Gasteiger partial charge in [-0.15, -0.1) is 0 Å². The van der Waals surface area contributed by atoms with Gasteiger partial charge in [-0.3, -0.25) is 9.59 Å². The van der Waals surface area contributed by atoms with Crippen molar-refractivity contribution >= 4 is 11.9 Å². The summed E-state index contributed by atoms with van der Waals surface area (Å²) in [4.78, 5) is 18.7. The zero-order chi connectivity index (χ0) is 14.8. The van der Waals surface area contributed by atoms with Crippen molar-refractivity contribution in [3.8, 4) is 0 Å². The molecule has 0 saturated carbocycles. The van der Waals surface area contributed by atoms with Crippen LogP contribution in [-0.2, 0) is 9.59 Å². The van der Waals surface area contributed by atoms with Crippen LogP contribution in [0.2, 0.25) is 0 Å². The Labute approximate surface area is 110 Å². The molecule has 0 aromatic heterocycles. The van der Waals surface area contributed by atoms with Crippen LogP contribution in [0.5, 0.6) is 0 Å². The Balaban J connectivity index is -0.000000197. The predicted octanol–water partition coefficient (Wildman–Crippen LogP) is 1.17. The molecule has 0 aliphatic carbocycles. The molecule has 6 nitrogen and oxygen atoms in total. The van der Waals surface area contributed by atoms with Gasteiger partial charge in [-0.05, 0) is 13.1 Å². The zero-order valence-corrected chi connectivity index (χ0v) is 12.0. The normalized spacial score (nSPS) is 8.44. The number of likely N-dealkylation sites (N-methyl/N-ethyl adjacent to an activating group) is 2. The van der Waals surface area contributed by atoms with Crippen molar-refractivity contribution in [3.63, 3.8) is 0 Å². The molecule has 0 radical (unpaired) electrons. The second-order valence-electron chi connectivity index (χ2n) is 3.20. The van der Waals surface area contributed by atoms with Crippen molar-refractivity contribution in [2.45, 2.75) is 40.5 Å². The van der Waals surface area contributed by atoms with Crippen LogP contribution in [0.4, 0.5) is 0 Å². The monoisotopic (exact) mass is 264 g/mol. The van der Waals surface area contributed by atoms with Gasteiger partial charge in [0.05, 0.1) is 0 Å². The largest absolute Gasteiger partial charge is 0.481 e. The van der Waals surface area contributed by atoms with Crippen molar-refractivity contribution in [2.24, 2.45) is 0 Å². The molecule has 0 heterocycles. The van der Waals surface area contributed by atoms with Crippen LogP contribution in [0.25, 0.3) is 0 Å². The second kappa shape index (κ2) is 21.2. The molecule has 0 bridgehead atoms. The highest BCUT2D eigenvalue weighted by atomic mass is 16.4. The first-order valence-corrected chi connectivity index (χ1v) is 6.31. The van der Waals surface area contributed by atoms with Crippen molar-refractivity contribution in [3.05, 3.63) is 0 Å². The molecule has 0 aromatic rings. The molecular formula is C12H28N2O4. The minimum Gasteiger partial charge on any atom is -0.481 e. The number of carboxylic acids is 2. The van der Waals surface area contributed by atoms with Crippen molar-refractivity contribution in [1.29, 1.82) is 0 Å². The highest BCUT2D eigenvalue weighted by molar-refractivity contribution is 5.66. The van der Waals surface area contributed by atoms with Gasteiger partial charge in [0, 0.05) is 25.9 Å². The lowest BCUT2D eigenvalue weighted by molar-refractivity contribution is -0.137. The second-order valence-corrected chi connectivity index (χ2v) is 3.20. The van der Waals surface area contributed by atoms with Crippen LogP contribution in [0.1, 0.15) is 40.5 Å². The van der Waals surface area contributed by atoms with E-state index in [1.807, 2.05) is 0 Å². The van der Waals surface area contributed by atoms with Crippen LogP contribution in [0.15, 0.2) is 0 Å². The SMILES string of the molecule is CCC(=O)O.CCC(=O)O.CCNCCNCC. The first-order chi connectivity index (χ1) is 8.45. The Morgan fingerprint density at radius 3 is 1.11 bits per heavy atom. The smallest absolute Gasteiger partial charge is 0.303 e. The third-order valence-corrected chi connectivity index (χ3v) is 1.58. The van der Waals surface area contributed by atoms with Crippen molar-refractivity contribution in [1.82, 2.24) is 10.6 Å². The summed E-state index contributed by atoms with van der Waals surface area (Å²) >= 11 is 0. The van der Waals surface area contributed by atoms with E-state index in [4.69, 9.17) is 10.2 Å². The molecule has 4 N–H and O–H groups in total. The molecule has 18 heavy (non-hydrogen) atoms. The van der Waals surface area contributed by atoms with Gasteiger partial charge in [0.25, 0.3) is 0 Å². The maximum atomic E-state index is 9.37. The number of nitrogens with one attached hydrogen (secondary N) is 2. The van der Waals surface area contributed by atoms with Crippen LogP contribution in [-0.4, -0.2) is 48.3 Å². The summed E-state index contributed by atoms with van der Waals surface area (Å²) in [5.41, 5.74) is 0. The summed E-state index contributed by atoms with van der Waals surface area (Å²) < 4.78 is 0. The van der Waals surface area contributed by atoms with Crippen LogP contribution < -0.4 is 10.6 Å². The fourth-order valence-corrected chi connectivity index (χ4v) is 0.530. The van der Waals surface area contributed by atoms with E-state index in [9.17, 15) is 9.59 Å². The Hall–Kier alpha value is -1.14. The van der Waals surface area contributed by atoms with E-state index in [1.165, 1.54) is 0 Å². The molecule has 0 saturated heterocycles. The van der Waals surface area contributed by atoms with E-state index in [0.717, 1.165) is 26.2 Å². The standard InChI is InChI=1S/C6H16N2.2C3H6O2/c1-3-7-5-6-8-4-2;2*1-2-3(4)5/h7-8H,3-6H2,1-2H3;2*2H2,1H3,(H,4,5). The van der Waals surface area contributed by atoms with Gasteiger partial charge in [-0.2, -0.15) is 0 Å². The minimum atomic E-state index is -0.745. The van der Waals surface area contributed by atoms with Gasteiger partial charge in [-0.1, -0.05) is 27.7 Å². The van der Waals surface area contributed by atoms with Gasteiger partial charge < -0.3 is 20.8 Å². The van der Waals surface area contributed by atoms with Crippen LogP contribution in [0, 0.1) is 0 Å². The minimum absolute atomic E-state index is 0.222. The molecule has 0 rings (SSSR count). The molecule has 0 aromatic carbocycles. The lowest BCUT2D eigenvalue weighted by Gasteiger charge is -1.99. The Bertz CT molecular complexity index is 167. The molecule has 0 spiro atoms. The average molecular weight is 264 g/mol. The number of hydrogen-bond donors (Lipinski definition) is 4. The summed E-state index contributed by atoms with van der Waals surface area (Å²) in [7, 11) is 0. The maximum absolute atomic E-state index is 9.37. The third kappa shape index (κ3) is 46.2. The first kappa shape index (κ1) is 22.1. The van der Waals surface area contributed by atoms with E-state index < -0.39 is 11.9 Å². The molecular weight excluding hydrogens is 236 g/mol. The Morgan fingerprint density at radius 1 is 0.778 bits per heavy atom. The summed E-state index contributed by atoms with van der Waals surface area (Å²) in [6, 6.07) is 0. The lowest BCUT2D eigenvalue weighted by Crippen LogP contribution is -2.26. The molecule has 0 aliphatic heterocycles. The zero-order valence-electron chi connectivity index (χ0n) is 12.0. The maximum Gasteiger partial charge on any atom is 0.303 e. The van der Waals surface area contributed by atoms with Gasteiger partial charge in [0.2, 0.25) is 0 Å². The quantitative estimate of drug-likeness (QED) is 0.515. The molecule has 0 fully saturated rings. The number of rotatable bonds is 7. The van der Waals surface area contributed by atoms with Crippen molar-refractivity contribution < 1.29 is 19.8 Å². The molecule has 6 heteroatoms. The molecule has 0 unspecified atom stereocenters. The summed E-state index contributed by atoms with van der Waals surface area (Å²) in [6.07, 6.45) is 0.444. The summed E-state index contributed by atoms with van der Waals surface area (Å²) in [6.45, 7) is 11.8. The van der Waals surface area contributed by atoms with E-state index in [2.05, 4.69) is 24.5 Å². The Kier molecular flexibility index (Phi) is 26.0. The van der Waals surface area contributed by atoms with E-state index >= 15 is 0 Å². The molecule has 0 atom stereocenters. The van der Waals surface area contributed by atoms with Crippen LogP contribution >= 0.6 is 0 Å². The number of carboxylic acid groups (broad SMARTS) is 2. The predicted molar refractivity (Wildman–Crippen MR) is 72.9 cm³/mol. The number of carbonyl (C=O) groups is 2. The van der Waals surface area contributed by atoms with E-state index in [0.29, 0.717) is 0 Å². The third-order valence-electron chi connectivity index (χ3n) is 1.58. The summed E-state index contributed by atoms with van der Waals surface area (Å²) in [5, 5.41) is 21.9. The lowest BCUT2D eigenvalue weighted by atomic mass is 10.5. The average Bonchev–Trinajstić information content (AvgIpc) is 2.36. The van der Waals surface area contributed by atoms with Gasteiger partial charge in [0.1, 0.15) is 0 Å². The van der Waals surface area contributed by atoms with Gasteiger partial charge in [0.15, 0.2) is 0 Å². The molecule has 0 aliphatic rings. The Morgan fingerprint density at radius 2 is 1.00 bits per heavy atom. The first-order valence-electron chi connectivity index (χ1n) is 6.31. The number of aliphatic carboxylic acids is 2. The van der Waals surface area contributed by atoms with Crippen LogP contribution in [0.3, 0.4) is 0 Å². The summed E-state index contributed by atoms with van der Waals surface area (Å²) in [5.74, 6) is -1.49. The van der Waals surface area contributed by atoms with E-state index in [-0.39, 0.29) is 12.8 Å². The highest BCUT2D eigenvalue weighted by Gasteiger charge is 1.81. The highest BCUT2D eigenvalue weighted by Crippen LogP contribution is 1.67. The van der Waals surface area contributed by atoms with Crippen molar-refractivity contribution in [2.75, 3.05) is 26.2 Å². The number of hydrogen-bond acceptors (Lipinski definition) is 4. The topological polar surface area (TPSA) is 98.7 Å². The van der Waals surface area contributed by atoms with Gasteiger partial charge in [-0.25, -0.2) is 0 Å².